The minimum atomic E-state index is -0.943. The van der Waals surface area contributed by atoms with Gasteiger partial charge in [-0.1, -0.05) is 13.8 Å². The van der Waals surface area contributed by atoms with Gasteiger partial charge in [0.1, 0.15) is 0 Å². The average molecular weight is 265 g/mol. The van der Waals surface area contributed by atoms with Gasteiger partial charge in [0.05, 0.1) is 11.3 Å². The second kappa shape index (κ2) is 7.86. The number of aromatic nitrogens is 1. The lowest BCUT2D eigenvalue weighted by molar-refractivity contribution is 0.0696. The number of carboxylic acid groups (broad SMARTS) is 1. The number of pyridine rings is 1. The van der Waals surface area contributed by atoms with Crippen LogP contribution in [0.4, 0.5) is 0 Å². The number of carboxylic acids is 1. The Morgan fingerprint density at radius 1 is 1.42 bits per heavy atom. The average Bonchev–Trinajstić information content (AvgIpc) is 2.43. The van der Waals surface area contributed by atoms with Gasteiger partial charge in [-0.05, 0) is 32.1 Å². The van der Waals surface area contributed by atoms with Crippen LogP contribution in [-0.4, -0.2) is 46.6 Å². The van der Waals surface area contributed by atoms with Gasteiger partial charge in [0, 0.05) is 25.3 Å². The number of rotatable bonds is 8. The summed E-state index contributed by atoms with van der Waals surface area (Å²) >= 11 is 0. The summed E-state index contributed by atoms with van der Waals surface area (Å²) in [4.78, 5) is 17.2. The van der Waals surface area contributed by atoms with Gasteiger partial charge in [-0.25, -0.2) is 4.79 Å². The molecule has 0 saturated heterocycles. The monoisotopic (exact) mass is 265 g/mol. The molecule has 19 heavy (non-hydrogen) atoms. The second-order valence-corrected chi connectivity index (χ2v) is 4.61. The van der Waals surface area contributed by atoms with E-state index in [9.17, 15) is 4.79 Å². The van der Waals surface area contributed by atoms with E-state index in [1.165, 1.54) is 6.20 Å². The van der Waals surface area contributed by atoms with E-state index >= 15 is 0 Å². The first-order chi connectivity index (χ1) is 9.06. The highest BCUT2D eigenvalue weighted by Gasteiger charge is 2.07. The Balaban J connectivity index is 2.41. The highest BCUT2D eigenvalue weighted by molar-refractivity contribution is 5.87. The first-order valence-electron chi connectivity index (χ1n) is 6.70. The van der Waals surface area contributed by atoms with Crippen LogP contribution < -0.4 is 5.32 Å². The van der Waals surface area contributed by atoms with Crippen LogP contribution in [0.2, 0.25) is 0 Å². The van der Waals surface area contributed by atoms with Crippen LogP contribution in [0.3, 0.4) is 0 Å². The Labute approximate surface area is 114 Å². The number of nitrogens with zero attached hydrogens (tertiary/aromatic N) is 2. The second-order valence-electron chi connectivity index (χ2n) is 4.61. The molecule has 5 heteroatoms. The predicted molar refractivity (Wildman–Crippen MR) is 75.3 cm³/mol. The van der Waals surface area contributed by atoms with Crippen LogP contribution >= 0.6 is 0 Å². The lowest BCUT2D eigenvalue weighted by atomic mass is 10.2. The van der Waals surface area contributed by atoms with Crippen molar-refractivity contribution in [3.8, 4) is 0 Å². The van der Waals surface area contributed by atoms with Gasteiger partial charge < -0.3 is 15.3 Å². The number of nitrogens with one attached hydrogen (secondary N) is 1. The molecule has 0 aliphatic rings. The Morgan fingerprint density at radius 2 is 2.11 bits per heavy atom. The van der Waals surface area contributed by atoms with Gasteiger partial charge in [0.25, 0.3) is 0 Å². The highest BCUT2D eigenvalue weighted by Crippen LogP contribution is 2.01. The van der Waals surface area contributed by atoms with E-state index in [0.29, 0.717) is 12.6 Å². The number of aromatic carboxylic acids is 1. The molecule has 1 heterocycles. The molecular weight excluding hydrogens is 242 g/mol. The van der Waals surface area contributed by atoms with Crippen LogP contribution in [0.25, 0.3) is 0 Å². The van der Waals surface area contributed by atoms with E-state index < -0.39 is 5.97 Å². The Kier molecular flexibility index (Phi) is 6.45. The smallest absolute Gasteiger partial charge is 0.337 e. The van der Waals surface area contributed by atoms with E-state index in [4.69, 9.17) is 5.11 Å². The van der Waals surface area contributed by atoms with E-state index in [1.54, 1.807) is 12.1 Å². The lowest BCUT2D eigenvalue weighted by Crippen LogP contribution is -2.38. The summed E-state index contributed by atoms with van der Waals surface area (Å²) in [5.74, 6) is -0.943. The van der Waals surface area contributed by atoms with Crippen LogP contribution in [0.5, 0.6) is 0 Å². The molecule has 0 fully saturated rings. The van der Waals surface area contributed by atoms with Crippen molar-refractivity contribution in [1.82, 2.24) is 15.2 Å². The first kappa shape index (κ1) is 15.6. The third-order valence-corrected chi connectivity index (χ3v) is 3.13. The van der Waals surface area contributed by atoms with Crippen LogP contribution in [-0.2, 0) is 6.54 Å². The molecule has 0 saturated carbocycles. The zero-order valence-corrected chi connectivity index (χ0v) is 11.9. The molecule has 1 aromatic heterocycles. The maximum Gasteiger partial charge on any atom is 0.337 e. The highest BCUT2D eigenvalue weighted by atomic mass is 16.4. The largest absolute Gasteiger partial charge is 0.478 e. The zero-order chi connectivity index (χ0) is 14.3. The summed E-state index contributed by atoms with van der Waals surface area (Å²) in [5, 5.41) is 12.2. The molecule has 0 spiro atoms. The quantitative estimate of drug-likeness (QED) is 0.747. The minimum Gasteiger partial charge on any atom is -0.478 e. The predicted octanol–water partition coefficient (Wildman–Crippen LogP) is 1.60. The normalized spacial score (nSPS) is 12.6. The molecule has 1 rings (SSSR count). The van der Waals surface area contributed by atoms with Gasteiger partial charge in [-0.3, -0.25) is 4.98 Å². The molecule has 0 bridgehead atoms. The van der Waals surface area contributed by atoms with Gasteiger partial charge >= 0.3 is 5.97 Å². The zero-order valence-electron chi connectivity index (χ0n) is 11.9. The van der Waals surface area contributed by atoms with Crippen molar-refractivity contribution in [2.24, 2.45) is 0 Å². The van der Waals surface area contributed by atoms with Crippen LogP contribution in [0.1, 0.15) is 36.8 Å². The summed E-state index contributed by atoms with van der Waals surface area (Å²) < 4.78 is 0. The standard InChI is InChI=1S/C14H23N3O2/c1-4-17(5-2)10-11(3)15-9-13-7-6-12(8-16-13)14(18)19/h6-8,11,15H,4-5,9-10H2,1-3H3,(H,18,19). The van der Waals surface area contributed by atoms with Crippen molar-refractivity contribution >= 4 is 5.97 Å². The number of likely N-dealkylation sites (N-methyl/N-ethyl adjacent to an activating group) is 1. The summed E-state index contributed by atoms with van der Waals surface area (Å²) in [7, 11) is 0. The summed E-state index contributed by atoms with van der Waals surface area (Å²) in [6, 6.07) is 3.71. The summed E-state index contributed by atoms with van der Waals surface area (Å²) in [5.41, 5.74) is 1.08. The van der Waals surface area contributed by atoms with Crippen LogP contribution in [0, 0.1) is 0 Å². The Hall–Kier alpha value is -1.46. The molecule has 0 amide bonds. The summed E-state index contributed by atoms with van der Waals surface area (Å²) in [6.45, 7) is 10.2. The molecule has 0 aromatic carbocycles. The molecular formula is C14H23N3O2. The van der Waals surface area contributed by atoms with Crippen molar-refractivity contribution in [1.29, 1.82) is 0 Å². The van der Waals surface area contributed by atoms with E-state index in [-0.39, 0.29) is 5.56 Å². The third-order valence-electron chi connectivity index (χ3n) is 3.13. The van der Waals surface area contributed by atoms with Crippen molar-refractivity contribution in [2.45, 2.75) is 33.4 Å². The van der Waals surface area contributed by atoms with Gasteiger partial charge in [0.15, 0.2) is 0 Å². The molecule has 1 aromatic rings. The fourth-order valence-corrected chi connectivity index (χ4v) is 1.87. The third kappa shape index (κ3) is 5.36. The molecule has 106 valence electrons. The van der Waals surface area contributed by atoms with Crippen LogP contribution in [0.15, 0.2) is 18.3 Å². The lowest BCUT2D eigenvalue weighted by Gasteiger charge is -2.23. The van der Waals surface area contributed by atoms with Crippen molar-refractivity contribution in [2.75, 3.05) is 19.6 Å². The fraction of sp³-hybridized carbons (Fsp3) is 0.571. The van der Waals surface area contributed by atoms with Crippen molar-refractivity contribution < 1.29 is 9.90 Å². The van der Waals surface area contributed by atoms with Gasteiger partial charge in [-0.2, -0.15) is 0 Å². The Bertz CT molecular complexity index is 388. The molecule has 0 aliphatic carbocycles. The van der Waals surface area contributed by atoms with E-state index in [0.717, 1.165) is 25.3 Å². The molecule has 1 unspecified atom stereocenters. The van der Waals surface area contributed by atoms with Crippen molar-refractivity contribution in [3.63, 3.8) is 0 Å². The number of carbonyl (C=O) groups is 1. The Morgan fingerprint density at radius 3 is 2.58 bits per heavy atom. The van der Waals surface area contributed by atoms with Gasteiger partial charge in [0.2, 0.25) is 0 Å². The summed E-state index contributed by atoms with van der Waals surface area (Å²) in [6.07, 6.45) is 1.40. The maximum absolute atomic E-state index is 10.7. The topological polar surface area (TPSA) is 65.5 Å². The molecule has 0 aliphatic heterocycles. The van der Waals surface area contributed by atoms with E-state index in [1.807, 2.05) is 0 Å². The van der Waals surface area contributed by atoms with Crippen molar-refractivity contribution in [3.05, 3.63) is 29.6 Å². The number of hydrogen-bond donors (Lipinski definition) is 2. The molecule has 5 nitrogen and oxygen atoms in total. The fourth-order valence-electron chi connectivity index (χ4n) is 1.87. The van der Waals surface area contributed by atoms with E-state index in [2.05, 4.69) is 36.0 Å². The van der Waals surface area contributed by atoms with Gasteiger partial charge in [-0.15, -0.1) is 0 Å². The minimum absolute atomic E-state index is 0.222. The maximum atomic E-state index is 10.7. The molecule has 2 N–H and O–H groups in total. The SMILES string of the molecule is CCN(CC)CC(C)NCc1ccc(C(=O)O)cn1. The molecule has 1 atom stereocenters. The number of hydrogen-bond acceptors (Lipinski definition) is 4. The molecule has 0 radical (unpaired) electrons. The first-order valence-corrected chi connectivity index (χ1v) is 6.70.